The monoisotopic (exact) mass is 219 g/mol. The normalized spacial score (nSPS) is 14.3. The number of ether oxygens (including phenoxy) is 1. The quantitative estimate of drug-likeness (QED) is 0.795. The largest absolute Gasteiger partial charge is 0.497 e. The van der Waals surface area contributed by atoms with Crippen molar-refractivity contribution in [3.05, 3.63) is 23.3 Å². The molecule has 0 aromatic heterocycles. The molecule has 1 aromatic carbocycles. The molecule has 2 rings (SSSR count). The maximum Gasteiger partial charge on any atom is 0.195 e. The third kappa shape index (κ3) is 2.10. The van der Waals surface area contributed by atoms with Crippen molar-refractivity contribution < 1.29 is 4.74 Å². The Balaban J connectivity index is 2.26. The fourth-order valence-electron chi connectivity index (χ4n) is 1.84. The molecule has 0 fully saturated rings. The molecule has 0 aliphatic carbocycles. The highest BCUT2D eigenvalue weighted by molar-refractivity contribution is 5.96. The zero-order valence-corrected chi connectivity index (χ0v) is 9.92. The molecule has 1 heterocycles. The van der Waals surface area contributed by atoms with Crippen molar-refractivity contribution in [1.82, 2.24) is 5.32 Å². The number of methoxy groups -OCH3 is 1. The molecule has 0 saturated heterocycles. The van der Waals surface area contributed by atoms with Gasteiger partial charge in [0.15, 0.2) is 5.96 Å². The number of nitrogens with one attached hydrogen (secondary N) is 2. The van der Waals surface area contributed by atoms with E-state index < -0.39 is 0 Å². The molecule has 0 radical (unpaired) electrons. The molecule has 0 unspecified atom stereocenters. The average Bonchev–Trinajstić information content (AvgIpc) is 2.75. The van der Waals surface area contributed by atoms with E-state index >= 15 is 0 Å². The smallest absolute Gasteiger partial charge is 0.195 e. The van der Waals surface area contributed by atoms with Crippen LogP contribution in [0.3, 0.4) is 0 Å². The van der Waals surface area contributed by atoms with Gasteiger partial charge in [0.1, 0.15) is 5.75 Å². The molecule has 2 N–H and O–H groups in total. The predicted molar refractivity (Wildman–Crippen MR) is 66.4 cm³/mol. The van der Waals surface area contributed by atoms with Crippen LogP contribution >= 0.6 is 0 Å². The number of guanidine groups is 1. The Morgan fingerprint density at radius 2 is 2.00 bits per heavy atom. The summed E-state index contributed by atoms with van der Waals surface area (Å²) in [6, 6.07) is 4.04. The lowest BCUT2D eigenvalue weighted by molar-refractivity contribution is 0.414. The van der Waals surface area contributed by atoms with E-state index in [1.54, 1.807) is 7.11 Å². The summed E-state index contributed by atoms with van der Waals surface area (Å²) < 4.78 is 5.23. The highest BCUT2D eigenvalue weighted by Crippen LogP contribution is 2.26. The first-order chi connectivity index (χ1) is 7.70. The molecule has 1 aromatic rings. The van der Waals surface area contributed by atoms with Crippen LogP contribution in [0.25, 0.3) is 0 Å². The minimum atomic E-state index is 0.844. The standard InChI is InChI=1S/C12H17N3O/c1-8-6-10(16-3)7-9(2)11(8)15-12-13-4-5-14-12/h6-7H,4-5H2,1-3H3,(H2,13,14,15). The first-order valence-corrected chi connectivity index (χ1v) is 5.41. The van der Waals surface area contributed by atoms with E-state index in [4.69, 9.17) is 4.74 Å². The highest BCUT2D eigenvalue weighted by atomic mass is 16.5. The van der Waals surface area contributed by atoms with Gasteiger partial charge in [-0.25, -0.2) is 0 Å². The van der Waals surface area contributed by atoms with Crippen LogP contribution in [0.5, 0.6) is 5.75 Å². The SMILES string of the molecule is COc1cc(C)c(NC2=NCCN2)c(C)c1. The Morgan fingerprint density at radius 1 is 1.31 bits per heavy atom. The van der Waals surface area contributed by atoms with Crippen LogP contribution in [0, 0.1) is 13.8 Å². The van der Waals surface area contributed by atoms with Crippen LogP contribution in [0.2, 0.25) is 0 Å². The molecule has 4 nitrogen and oxygen atoms in total. The van der Waals surface area contributed by atoms with E-state index in [9.17, 15) is 0 Å². The van der Waals surface area contributed by atoms with Crippen LogP contribution in [-0.4, -0.2) is 26.2 Å². The highest BCUT2D eigenvalue weighted by Gasteiger charge is 2.10. The van der Waals surface area contributed by atoms with Crippen molar-refractivity contribution in [2.75, 3.05) is 25.5 Å². The number of hydrogen-bond acceptors (Lipinski definition) is 4. The molecule has 0 spiro atoms. The number of nitrogens with zero attached hydrogens (tertiary/aromatic N) is 1. The van der Waals surface area contributed by atoms with Gasteiger partial charge in [-0.3, -0.25) is 4.99 Å². The van der Waals surface area contributed by atoms with E-state index in [-0.39, 0.29) is 0 Å². The summed E-state index contributed by atoms with van der Waals surface area (Å²) in [5, 5.41) is 6.51. The fraction of sp³-hybridized carbons (Fsp3) is 0.417. The molecule has 0 saturated carbocycles. The molecule has 1 aliphatic heterocycles. The first kappa shape index (κ1) is 10.8. The average molecular weight is 219 g/mol. The third-order valence-corrected chi connectivity index (χ3v) is 2.66. The van der Waals surface area contributed by atoms with Gasteiger partial charge in [0.2, 0.25) is 0 Å². The van der Waals surface area contributed by atoms with Gasteiger partial charge in [-0.1, -0.05) is 0 Å². The number of rotatable bonds is 2. The van der Waals surface area contributed by atoms with Gasteiger partial charge < -0.3 is 15.4 Å². The number of anilines is 1. The lowest BCUT2D eigenvalue weighted by atomic mass is 10.1. The van der Waals surface area contributed by atoms with Crippen molar-refractivity contribution in [1.29, 1.82) is 0 Å². The Kier molecular flexibility index (Phi) is 2.99. The summed E-state index contributed by atoms with van der Waals surface area (Å²) in [7, 11) is 1.68. The van der Waals surface area contributed by atoms with Gasteiger partial charge in [0.25, 0.3) is 0 Å². The number of benzene rings is 1. The zero-order chi connectivity index (χ0) is 11.5. The van der Waals surface area contributed by atoms with E-state index in [2.05, 4.69) is 29.5 Å². The van der Waals surface area contributed by atoms with E-state index in [0.29, 0.717) is 0 Å². The number of aliphatic imine (C=N–C) groups is 1. The topological polar surface area (TPSA) is 45.6 Å². The molecule has 0 amide bonds. The zero-order valence-electron chi connectivity index (χ0n) is 9.92. The second kappa shape index (κ2) is 4.43. The van der Waals surface area contributed by atoms with E-state index in [0.717, 1.165) is 41.6 Å². The van der Waals surface area contributed by atoms with Crippen LogP contribution in [0.1, 0.15) is 11.1 Å². The predicted octanol–water partition coefficient (Wildman–Crippen LogP) is 1.68. The van der Waals surface area contributed by atoms with E-state index in [1.807, 2.05) is 12.1 Å². The van der Waals surface area contributed by atoms with Crippen molar-refractivity contribution in [3.8, 4) is 5.75 Å². The van der Waals surface area contributed by atoms with Gasteiger partial charge in [-0.05, 0) is 37.1 Å². The molecule has 86 valence electrons. The van der Waals surface area contributed by atoms with Crippen LogP contribution in [0.4, 0.5) is 5.69 Å². The molecule has 0 atom stereocenters. The maximum absolute atomic E-state index is 5.23. The van der Waals surface area contributed by atoms with Gasteiger partial charge in [-0.15, -0.1) is 0 Å². The summed E-state index contributed by atoms with van der Waals surface area (Å²) >= 11 is 0. The van der Waals surface area contributed by atoms with E-state index in [1.165, 1.54) is 0 Å². The minimum Gasteiger partial charge on any atom is -0.497 e. The lowest BCUT2D eigenvalue weighted by Crippen LogP contribution is -2.26. The summed E-state index contributed by atoms with van der Waals surface area (Å²) in [5.74, 6) is 1.75. The van der Waals surface area contributed by atoms with Crippen LogP contribution < -0.4 is 15.4 Å². The second-order valence-electron chi connectivity index (χ2n) is 3.92. The maximum atomic E-state index is 5.23. The van der Waals surface area contributed by atoms with Crippen molar-refractivity contribution in [3.63, 3.8) is 0 Å². The van der Waals surface area contributed by atoms with Gasteiger partial charge in [0.05, 0.1) is 13.7 Å². The van der Waals surface area contributed by atoms with Gasteiger partial charge in [-0.2, -0.15) is 0 Å². The second-order valence-corrected chi connectivity index (χ2v) is 3.92. The van der Waals surface area contributed by atoms with Crippen molar-refractivity contribution in [2.45, 2.75) is 13.8 Å². The van der Waals surface area contributed by atoms with Gasteiger partial charge in [0, 0.05) is 12.2 Å². The Morgan fingerprint density at radius 3 is 2.50 bits per heavy atom. The lowest BCUT2D eigenvalue weighted by Gasteiger charge is -2.14. The summed E-state index contributed by atoms with van der Waals surface area (Å²) in [6.45, 7) is 5.88. The van der Waals surface area contributed by atoms with Gasteiger partial charge >= 0.3 is 0 Å². The summed E-state index contributed by atoms with van der Waals surface area (Å²) in [6.07, 6.45) is 0. The van der Waals surface area contributed by atoms with Crippen molar-refractivity contribution in [2.24, 2.45) is 4.99 Å². The molecule has 16 heavy (non-hydrogen) atoms. The third-order valence-electron chi connectivity index (χ3n) is 2.66. The molecular formula is C12H17N3O. The summed E-state index contributed by atoms with van der Waals surface area (Å²) in [4.78, 5) is 4.32. The molecule has 0 bridgehead atoms. The summed E-state index contributed by atoms with van der Waals surface area (Å²) in [5.41, 5.74) is 3.43. The minimum absolute atomic E-state index is 0.844. The Labute approximate surface area is 95.7 Å². The molecule has 1 aliphatic rings. The number of aryl methyl sites for hydroxylation is 2. The molecule has 4 heteroatoms. The van der Waals surface area contributed by atoms with Crippen molar-refractivity contribution >= 4 is 11.6 Å². The van der Waals surface area contributed by atoms with Crippen LogP contribution in [0.15, 0.2) is 17.1 Å². The Bertz CT molecular complexity index is 403. The molecular weight excluding hydrogens is 202 g/mol. The van der Waals surface area contributed by atoms with Crippen LogP contribution in [-0.2, 0) is 0 Å². The first-order valence-electron chi connectivity index (χ1n) is 5.41. The fourth-order valence-corrected chi connectivity index (χ4v) is 1.84. The Hall–Kier alpha value is -1.71. The number of hydrogen-bond donors (Lipinski definition) is 2.